The second kappa shape index (κ2) is 7.06. The fraction of sp³-hybridized carbons (Fsp3) is 0.118. The van der Waals surface area contributed by atoms with E-state index in [2.05, 4.69) is 0 Å². The molecular formula is C17H9Cl2F3O3S. The molecule has 0 unspecified atom stereocenters. The fourth-order valence-electron chi connectivity index (χ4n) is 2.32. The zero-order chi connectivity index (χ0) is 19.1. The second-order valence-electron chi connectivity index (χ2n) is 5.32. The number of carboxylic acids is 1. The first-order valence-corrected chi connectivity index (χ1v) is 8.67. The molecule has 1 atom stereocenters. The zero-order valence-corrected chi connectivity index (χ0v) is 15.0. The topological polar surface area (TPSA) is 46.5 Å². The molecule has 1 aliphatic heterocycles. The molecule has 136 valence electrons. The Hall–Kier alpha value is -1.83. The van der Waals surface area contributed by atoms with Crippen molar-refractivity contribution in [3.63, 3.8) is 0 Å². The molecule has 9 heteroatoms. The molecule has 0 bridgehead atoms. The van der Waals surface area contributed by atoms with Crippen molar-refractivity contribution >= 4 is 47.0 Å². The summed E-state index contributed by atoms with van der Waals surface area (Å²) in [5.41, 5.74) is -0.715. The van der Waals surface area contributed by atoms with Crippen LogP contribution in [0.25, 0.3) is 6.08 Å². The summed E-state index contributed by atoms with van der Waals surface area (Å²) in [6.07, 6.45) is -6.46. The second-order valence-corrected chi connectivity index (χ2v) is 7.28. The van der Waals surface area contributed by atoms with Crippen LogP contribution in [0.5, 0.6) is 5.75 Å². The molecule has 1 heterocycles. The highest BCUT2D eigenvalue weighted by Gasteiger charge is 2.48. The highest BCUT2D eigenvalue weighted by Crippen LogP contribution is 2.43. The molecule has 0 amide bonds. The van der Waals surface area contributed by atoms with Crippen molar-refractivity contribution in [1.82, 2.24) is 0 Å². The van der Waals surface area contributed by atoms with Crippen molar-refractivity contribution in [2.24, 2.45) is 0 Å². The highest BCUT2D eigenvalue weighted by atomic mass is 35.5. The average Bonchev–Trinajstić information content (AvgIpc) is 2.55. The molecule has 3 rings (SSSR count). The Morgan fingerprint density at radius 1 is 1.15 bits per heavy atom. The van der Waals surface area contributed by atoms with Gasteiger partial charge in [-0.1, -0.05) is 35.0 Å². The third-order valence-electron chi connectivity index (χ3n) is 3.49. The molecule has 26 heavy (non-hydrogen) atoms. The van der Waals surface area contributed by atoms with Crippen molar-refractivity contribution in [2.75, 3.05) is 0 Å². The van der Waals surface area contributed by atoms with Crippen LogP contribution in [0.15, 0.2) is 51.8 Å². The lowest BCUT2D eigenvalue weighted by atomic mass is 10.0. The van der Waals surface area contributed by atoms with Crippen LogP contribution in [0, 0.1) is 0 Å². The summed E-state index contributed by atoms with van der Waals surface area (Å²) in [5.74, 6) is -1.79. The number of hydrogen-bond donors (Lipinski definition) is 1. The molecule has 0 aromatic heterocycles. The Bertz CT molecular complexity index is 895. The average molecular weight is 421 g/mol. The van der Waals surface area contributed by atoms with Crippen LogP contribution >= 0.6 is 35.0 Å². The minimum absolute atomic E-state index is 0.0850. The van der Waals surface area contributed by atoms with Gasteiger partial charge in [0.2, 0.25) is 6.10 Å². The standard InChI is InChI=1S/C17H9Cl2F3O3S/c18-9-1-3-10(4-2-9)26-14-7-13-8(6-12(14)19)5-11(16(23)24)15(25-13)17(20,21)22/h1-7,15H,(H,23,24)/t15-/m0/s1. The molecule has 2 aromatic rings. The first kappa shape index (κ1) is 18.9. The number of aliphatic carboxylic acids is 1. The van der Waals surface area contributed by atoms with Crippen molar-refractivity contribution < 1.29 is 27.8 Å². The number of fused-ring (bicyclic) bond motifs is 1. The van der Waals surface area contributed by atoms with Crippen molar-refractivity contribution in [3.8, 4) is 5.75 Å². The summed E-state index contributed by atoms with van der Waals surface area (Å²) in [7, 11) is 0. The third kappa shape index (κ3) is 3.95. The summed E-state index contributed by atoms with van der Waals surface area (Å²) in [6.45, 7) is 0. The van der Waals surface area contributed by atoms with Gasteiger partial charge in [0.05, 0.1) is 10.6 Å². The quantitative estimate of drug-likeness (QED) is 0.667. The molecule has 0 aliphatic carbocycles. The number of carbonyl (C=O) groups is 1. The Kier molecular flexibility index (Phi) is 5.14. The van der Waals surface area contributed by atoms with Gasteiger partial charge in [0.25, 0.3) is 0 Å². The van der Waals surface area contributed by atoms with Crippen LogP contribution in [-0.4, -0.2) is 23.4 Å². The SMILES string of the molecule is O=C(O)C1=Cc2cc(Cl)c(Sc3ccc(Cl)cc3)cc2O[C@@H]1C(F)(F)F. The summed E-state index contributed by atoms with van der Waals surface area (Å²) < 4.78 is 44.4. The van der Waals surface area contributed by atoms with E-state index in [-0.39, 0.29) is 16.3 Å². The Balaban J connectivity index is 2.00. The number of hydrogen-bond acceptors (Lipinski definition) is 3. The largest absolute Gasteiger partial charge is 0.478 e. The lowest BCUT2D eigenvalue weighted by Gasteiger charge is -2.27. The summed E-state index contributed by atoms with van der Waals surface area (Å²) in [6, 6.07) is 9.58. The van der Waals surface area contributed by atoms with E-state index in [1.54, 1.807) is 24.3 Å². The summed E-state index contributed by atoms with van der Waals surface area (Å²) in [5, 5.41) is 9.85. The number of benzene rings is 2. The van der Waals surface area contributed by atoms with Crippen LogP contribution in [0.3, 0.4) is 0 Å². The van der Waals surface area contributed by atoms with Gasteiger partial charge in [0.1, 0.15) is 5.75 Å². The maximum Gasteiger partial charge on any atom is 0.430 e. The van der Waals surface area contributed by atoms with E-state index in [1.807, 2.05) is 0 Å². The Morgan fingerprint density at radius 3 is 2.38 bits per heavy atom. The van der Waals surface area contributed by atoms with Gasteiger partial charge in [-0.2, -0.15) is 13.2 Å². The van der Waals surface area contributed by atoms with Crippen LogP contribution in [-0.2, 0) is 4.79 Å². The van der Waals surface area contributed by atoms with E-state index in [0.717, 1.165) is 11.0 Å². The summed E-state index contributed by atoms with van der Waals surface area (Å²) >= 11 is 13.2. The van der Waals surface area contributed by atoms with E-state index in [1.165, 1.54) is 23.9 Å². The third-order valence-corrected chi connectivity index (χ3v) is 5.23. The first-order valence-electron chi connectivity index (χ1n) is 7.10. The zero-order valence-electron chi connectivity index (χ0n) is 12.7. The van der Waals surface area contributed by atoms with Gasteiger partial charge in [-0.15, -0.1) is 0 Å². The monoisotopic (exact) mass is 420 g/mol. The molecule has 3 nitrogen and oxygen atoms in total. The van der Waals surface area contributed by atoms with Gasteiger partial charge in [-0.3, -0.25) is 0 Å². The van der Waals surface area contributed by atoms with E-state index >= 15 is 0 Å². The van der Waals surface area contributed by atoms with Gasteiger partial charge in [-0.25, -0.2) is 4.79 Å². The Morgan fingerprint density at radius 2 is 1.81 bits per heavy atom. The molecular weight excluding hydrogens is 412 g/mol. The predicted molar refractivity (Wildman–Crippen MR) is 93.1 cm³/mol. The normalized spacial score (nSPS) is 16.5. The lowest BCUT2D eigenvalue weighted by molar-refractivity contribution is -0.187. The number of halogens is 5. The van der Waals surface area contributed by atoms with E-state index in [0.29, 0.717) is 9.92 Å². The molecule has 0 saturated carbocycles. The van der Waals surface area contributed by atoms with Crippen molar-refractivity contribution in [3.05, 3.63) is 57.6 Å². The van der Waals surface area contributed by atoms with Gasteiger partial charge >= 0.3 is 12.1 Å². The van der Waals surface area contributed by atoms with E-state index in [9.17, 15) is 18.0 Å². The van der Waals surface area contributed by atoms with Gasteiger partial charge in [-0.05, 0) is 42.5 Å². The smallest absolute Gasteiger partial charge is 0.430 e. The summed E-state index contributed by atoms with van der Waals surface area (Å²) in [4.78, 5) is 12.4. The number of ether oxygens (including phenoxy) is 1. The van der Waals surface area contributed by atoms with Crippen molar-refractivity contribution in [1.29, 1.82) is 0 Å². The van der Waals surface area contributed by atoms with Gasteiger partial charge in [0.15, 0.2) is 0 Å². The molecule has 0 fully saturated rings. The number of alkyl halides is 3. The van der Waals surface area contributed by atoms with Crippen LogP contribution in [0.2, 0.25) is 10.0 Å². The van der Waals surface area contributed by atoms with Crippen LogP contribution in [0.4, 0.5) is 13.2 Å². The van der Waals surface area contributed by atoms with Crippen LogP contribution < -0.4 is 4.74 Å². The first-order chi connectivity index (χ1) is 12.1. The lowest BCUT2D eigenvalue weighted by Crippen LogP contribution is -2.40. The fourth-order valence-corrected chi connectivity index (χ4v) is 3.59. The molecule has 0 spiro atoms. The molecule has 1 aliphatic rings. The molecule has 0 saturated heterocycles. The maximum absolute atomic E-state index is 13.1. The minimum Gasteiger partial charge on any atom is -0.478 e. The van der Waals surface area contributed by atoms with E-state index < -0.39 is 23.8 Å². The van der Waals surface area contributed by atoms with E-state index in [4.69, 9.17) is 33.0 Å². The Labute approximate surface area is 160 Å². The molecule has 0 radical (unpaired) electrons. The predicted octanol–water partition coefficient (Wildman–Crippen LogP) is 5.94. The minimum atomic E-state index is -4.86. The molecule has 1 N–H and O–H groups in total. The number of rotatable bonds is 3. The van der Waals surface area contributed by atoms with Crippen molar-refractivity contribution in [2.45, 2.75) is 22.1 Å². The highest BCUT2D eigenvalue weighted by molar-refractivity contribution is 7.99. The maximum atomic E-state index is 13.1. The number of carboxylic acid groups (broad SMARTS) is 1. The molecule has 2 aromatic carbocycles. The van der Waals surface area contributed by atoms with Gasteiger partial charge < -0.3 is 9.84 Å². The van der Waals surface area contributed by atoms with Gasteiger partial charge in [0, 0.05) is 20.4 Å². The van der Waals surface area contributed by atoms with Crippen LogP contribution in [0.1, 0.15) is 5.56 Å².